The minimum Gasteiger partial charge on any atom is -0.360 e. The number of carbonyl (C=O) groups is 1. The predicted molar refractivity (Wildman–Crippen MR) is 121 cm³/mol. The lowest BCUT2D eigenvalue weighted by atomic mass is 10.0. The van der Waals surface area contributed by atoms with Crippen LogP contribution in [0, 0.1) is 0 Å². The van der Waals surface area contributed by atoms with Gasteiger partial charge in [0.2, 0.25) is 0 Å². The number of amides is 1. The van der Waals surface area contributed by atoms with Crippen LogP contribution in [-0.4, -0.2) is 40.9 Å². The Balaban J connectivity index is 1.71. The third-order valence-corrected chi connectivity index (χ3v) is 5.90. The van der Waals surface area contributed by atoms with Gasteiger partial charge in [-0.25, -0.2) is 9.97 Å². The van der Waals surface area contributed by atoms with E-state index in [0.29, 0.717) is 40.9 Å². The minimum atomic E-state index is -0.112. The highest BCUT2D eigenvalue weighted by molar-refractivity contribution is 6.36. The van der Waals surface area contributed by atoms with Crippen molar-refractivity contribution in [1.82, 2.24) is 14.9 Å². The van der Waals surface area contributed by atoms with Crippen LogP contribution in [0.2, 0.25) is 10.0 Å². The Kier molecular flexibility index (Phi) is 5.93. The SMILES string of the molecule is CCN(C)c1nc(-c2ccccc2)nc2c1CN(C(=O)c1ccc(Cl)cc1Cl)CC2. The molecule has 0 spiro atoms. The molecule has 1 aliphatic heterocycles. The molecule has 30 heavy (non-hydrogen) atoms. The molecule has 1 aliphatic rings. The number of benzene rings is 2. The molecule has 2 heterocycles. The second-order valence-corrected chi connectivity index (χ2v) is 8.12. The van der Waals surface area contributed by atoms with E-state index in [1.54, 1.807) is 23.1 Å². The number of hydrogen-bond donors (Lipinski definition) is 0. The van der Waals surface area contributed by atoms with Crippen molar-refractivity contribution in [2.75, 3.05) is 25.0 Å². The van der Waals surface area contributed by atoms with Gasteiger partial charge in [-0.05, 0) is 25.1 Å². The topological polar surface area (TPSA) is 49.3 Å². The molecule has 0 atom stereocenters. The summed E-state index contributed by atoms with van der Waals surface area (Å²) in [4.78, 5) is 26.7. The lowest BCUT2D eigenvalue weighted by Crippen LogP contribution is -2.38. The van der Waals surface area contributed by atoms with Crippen molar-refractivity contribution in [3.8, 4) is 11.4 Å². The number of anilines is 1. The number of halogens is 2. The van der Waals surface area contributed by atoms with Crippen molar-refractivity contribution in [2.45, 2.75) is 19.9 Å². The van der Waals surface area contributed by atoms with Crippen LogP contribution in [0.3, 0.4) is 0 Å². The quantitative estimate of drug-likeness (QED) is 0.565. The molecule has 3 aromatic rings. The molecular formula is C23H22Cl2N4O. The first-order valence-electron chi connectivity index (χ1n) is 9.88. The molecule has 0 bridgehead atoms. The molecule has 154 valence electrons. The van der Waals surface area contributed by atoms with Crippen molar-refractivity contribution >= 4 is 34.9 Å². The van der Waals surface area contributed by atoms with Crippen LogP contribution in [-0.2, 0) is 13.0 Å². The Morgan fingerprint density at radius 3 is 2.60 bits per heavy atom. The molecular weight excluding hydrogens is 419 g/mol. The van der Waals surface area contributed by atoms with Crippen LogP contribution < -0.4 is 4.90 Å². The summed E-state index contributed by atoms with van der Waals surface area (Å²) in [5.74, 6) is 1.46. The molecule has 0 radical (unpaired) electrons. The third-order valence-electron chi connectivity index (χ3n) is 5.36. The zero-order valence-electron chi connectivity index (χ0n) is 16.9. The van der Waals surface area contributed by atoms with E-state index in [4.69, 9.17) is 33.2 Å². The van der Waals surface area contributed by atoms with Gasteiger partial charge in [0, 0.05) is 42.7 Å². The van der Waals surface area contributed by atoms with Crippen LogP contribution in [0.25, 0.3) is 11.4 Å². The first-order chi connectivity index (χ1) is 14.5. The Morgan fingerprint density at radius 1 is 1.13 bits per heavy atom. The summed E-state index contributed by atoms with van der Waals surface area (Å²) < 4.78 is 0. The Labute approximate surface area is 186 Å². The summed E-state index contributed by atoms with van der Waals surface area (Å²) in [5, 5.41) is 0.870. The van der Waals surface area contributed by atoms with Gasteiger partial charge in [0.1, 0.15) is 5.82 Å². The van der Waals surface area contributed by atoms with E-state index in [9.17, 15) is 4.79 Å². The summed E-state index contributed by atoms with van der Waals surface area (Å²) >= 11 is 12.3. The fraction of sp³-hybridized carbons (Fsp3) is 0.261. The molecule has 0 N–H and O–H groups in total. The fourth-order valence-electron chi connectivity index (χ4n) is 3.59. The maximum Gasteiger partial charge on any atom is 0.255 e. The van der Waals surface area contributed by atoms with Gasteiger partial charge < -0.3 is 9.80 Å². The normalized spacial score (nSPS) is 13.1. The molecule has 4 rings (SSSR count). The highest BCUT2D eigenvalue weighted by atomic mass is 35.5. The Morgan fingerprint density at radius 2 is 1.90 bits per heavy atom. The molecule has 0 saturated carbocycles. The summed E-state index contributed by atoms with van der Waals surface area (Å²) in [6.07, 6.45) is 0.666. The predicted octanol–water partition coefficient (Wildman–Crippen LogP) is 5.11. The average molecular weight is 441 g/mol. The van der Waals surface area contributed by atoms with Crippen LogP contribution in [0.15, 0.2) is 48.5 Å². The molecule has 0 saturated heterocycles. The van der Waals surface area contributed by atoms with E-state index in [2.05, 4.69) is 11.8 Å². The van der Waals surface area contributed by atoms with Gasteiger partial charge in [-0.2, -0.15) is 0 Å². The molecule has 0 aliphatic carbocycles. The number of carbonyl (C=O) groups excluding carboxylic acids is 1. The maximum atomic E-state index is 13.1. The molecule has 1 amide bonds. The zero-order chi connectivity index (χ0) is 21.3. The minimum absolute atomic E-state index is 0.112. The van der Waals surface area contributed by atoms with Gasteiger partial charge in [0.25, 0.3) is 5.91 Å². The van der Waals surface area contributed by atoms with Crippen LogP contribution in [0.4, 0.5) is 5.82 Å². The molecule has 2 aromatic carbocycles. The Hall–Kier alpha value is -2.63. The van der Waals surface area contributed by atoms with Crippen molar-refractivity contribution in [3.05, 3.63) is 75.4 Å². The van der Waals surface area contributed by atoms with Crippen molar-refractivity contribution in [2.24, 2.45) is 0 Å². The average Bonchev–Trinajstić information content (AvgIpc) is 2.77. The summed E-state index contributed by atoms with van der Waals surface area (Å²) in [5.41, 5.74) is 3.42. The van der Waals surface area contributed by atoms with Gasteiger partial charge in [-0.1, -0.05) is 53.5 Å². The van der Waals surface area contributed by atoms with E-state index in [-0.39, 0.29) is 5.91 Å². The fourth-order valence-corrected chi connectivity index (χ4v) is 4.07. The molecule has 0 unspecified atom stereocenters. The standard InChI is InChI=1S/C23H22Cl2N4O/c1-3-28(2)22-18-14-29(23(30)17-10-9-16(24)13-19(17)25)12-11-20(18)26-21(27-22)15-7-5-4-6-8-15/h4-10,13H,3,11-12,14H2,1-2H3. The highest BCUT2D eigenvalue weighted by Crippen LogP contribution is 2.31. The van der Waals surface area contributed by atoms with Gasteiger partial charge in [0.05, 0.1) is 22.8 Å². The van der Waals surface area contributed by atoms with Gasteiger partial charge in [-0.15, -0.1) is 0 Å². The van der Waals surface area contributed by atoms with Crippen LogP contribution in [0.5, 0.6) is 0 Å². The first kappa shape index (κ1) is 20.6. The number of aromatic nitrogens is 2. The number of nitrogens with zero attached hydrogens (tertiary/aromatic N) is 4. The maximum absolute atomic E-state index is 13.1. The third kappa shape index (κ3) is 4.00. The second-order valence-electron chi connectivity index (χ2n) is 7.28. The van der Waals surface area contributed by atoms with E-state index < -0.39 is 0 Å². The lowest BCUT2D eigenvalue weighted by molar-refractivity contribution is 0.0734. The van der Waals surface area contributed by atoms with E-state index in [1.807, 2.05) is 37.4 Å². The van der Waals surface area contributed by atoms with Gasteiger partial charge >= 0.3 is 0 Å². The molecule has 1 aromatic heterocycles. The summed E-state index contributed by atoms with van der Waals surface area (Å²) in [6, 6.07) is 14.9. The highest BCUT2D eigenvalue weighted by Gasteiger charge is 2.28. The zero-order valence-corrected chi connectivity index (χ0v) is 18.4. The number of hydrogen-bond acceptors (Lipinski definition) is 4. The van der Waals surface area contributed by atoms with Crippen molar-refractivity contribution in [1.29, 1.82) is 0 Å². The van der Waals surface area contributed by atoms with Gasteiger partial charge in [-0.3, -0.25) is 4.79 Å². The van der Waals surface area contributed by atoms with Crippen LogP contribution >= 0.6 is 23.2 Å². The molecule has 5 nitrogen and oxygen atoms in total. The second kappa shape index (κ2) is 8.62. The Bertz CT molecular complexity index is 1090. The smallest absolute Gasteiger partial charge is 0.255 e. The van der Waals surface area contributed by atoms with E-state index in [0.717, 1.165) is 29.2 Å². The monoisotopic (exact) mass is 440 g/mol. The van der Waals surface area contributed by atoms with Crippen molar-refractivity contribution < 1.29 is 4.79 Å². The van der Waals surface area contributed by atoms with E-state index in [1.165, 1.54) is 0 Å². The number of rotatable bonds is 4. The number of fused-ring (bicyclic) bond motifs is 1. The molecule has 7 heteroatoms. The summed E-state index contributed by atoms with van der Waals surface area (Å²) in [6.45, 7) is 3.90. The largest absolute Gasteiger partial charge is 0.360 e. The lowest BCUT2D eigenvalue weighted by Gasteiger charge is -2.32. The van der Waals surface area contributed by atoms with Crippen molar-refractivity contribution in [3.63, 3.8) is 0 Å². The van der Waals surface area contributed by atoms with E-state index >= 15 is 0 Å². The van der Waals surface area contributed by atoms with Crippen LogP contribution in [0.1, 0.15) is 28.5 Å². The molecule has 0 fully saturated rings. The summed E-state index contributed by atoms with van der Waals surface area (Å²) in [7, 11) is 2.01. The first-order valence-corrected chi connectivity index (χ1v) is 10.6. The van der Waals surface area contributed by atoms with Gasteiger partial charge in [0.15, 0.2) is 5.82 Å².